The first-order chi connectivity index (χ1) is 4.88. The van der Waals surface area contributed by atoms with E-state index >= 15 is 0 Å². The minimum absolute atomic E-state index is 0.790. The van der Waals surface area contributed by atoms with Crippen LogP contribution in [0, 0.1) is 5.41 Å². The van der Waals surface area contributed by atoms with E-state index in [4.69, 9.17) is 5.41 Å². The number of hydrogen-bond acceptors (Lipinski definition) is 2. The van der Waals surface area contributed by atoms with Crippen molar-refractivity contribution in [3.05, 3.63) is 24.0 Å². The van der Waals surface area contributed by atoms with E-state index < -0.39 is 0 Å². The SMILES string of the molecule is C/C=C\n1nccc1C=N. The summed E-state index contributed by atoms with van der Waals surface area (Å²) >= 11 is 0. The van der Waals surface area contributed by atoms with Crippen LogP contribution in [-0.2, 0) is 0 Å². The molecule has 0 bridgehead atoms. The Labute approximate surface area is 59.5 Å². The lowest BCUT2D eigenvalue weighted by molar-refractivity contribution is 0.925. The topological polar surface area (TPSA) is 41.7 Å². The van der Waals surface area contributed by atoms with Crippen molar-refractivity contribution in [1.29, 1.82) is 5.41 Å². The fourth-order valence-electron chi connectivity index (χ4n) is 0.705. The number of aromatic nitrogens is 2. The molecule has 0 spiro atoms. The first-order valence-corrected chi connectivity index (χ1v) is 3.05. The zero-order valence-electron chi connectivity index (χ0n) is 5.78. The highest BCUT2D eigenvalue weighted by molar-refractivity contribution is 5.75. The van der Waals surface area contributed by atoms with Gasteiger partial charge in [-0.25, -0.2) is 4.68 Å². The second kappa shape index (κ2) is 2.96. The van der Waals surface area contributed by atoms with Crippen LogP contribution in [0.3, 0.4) is 0 Å². The molecule has 10 heavy (non-hydrogen) atoms. The van der Waals surface area contributed by atoms with Gasteiger partial charge in [-0.3, -0.25) is 0 Å². The summed E-state index contributed by atoms with van der Waals surface area (Å²) in [7, 11) is 0. The highest BCUT2D eigenvalue weighted by Gasteiger charge is 1.91. The molecule has 1 N–H and O–H groups in total. The maximum atomic E-state index is 6.96. The third kappa shape index (κ3) is 1.13. The molecule has 52 valence electrons. The van der Waals surface area contributed by atoms with E-state index in [0.29, 0.717) is 0 Å². The predicted octanol–water partition coefficient (Wildman–Crippen LogP) is 1.37. The predicted molar refractivity (Wildman–Crippen MR) is 41.1 cm³/mol. The summed E-state index contributed by atoms with van der Waals surface area (Å²) in [5.41, 5.74) is 0.790. The quantitative estimate of drug-likeness (QED) is 0.611. The van der Waals surface area contributed by atoms with E-state index in [1.165, 1.54) is 6.21 Å². The second-order valence-corrected chi connectivity index (χ2v) is 1.83. The number of hydrogen-bond donors (Lipinski definition) is 1. The molecule has 0 fully saturated rings. The molecule has 0 saturated carbocycles. The smallest absolute Gasteiger partial charge is 0.0836 e. The van der Waals surface area contributed by atoms with Crippen molar-refractivity contribution < 1.29 is 0 Å². The molecule has 0 aromatic carbocycles. The van der Waals surface area contributed by atoms with Gasteiger partial charge in [-0.05, 0) is 13.0 Å². The highest BCUT2D eigenvalue weighted by atomic mass is 15.3. The van der Waals surface area contributed by atoms with Crippen molar-refractivity contribution in [2.24, 2.45) is 0 Å². The summed E-state index contributed by atoms with van der Waals surface area (Å²) in [6.07, 6.45) is 6.62. The van der Waals surface area contributed by atoms with Crippen LogP contribution in [0.5, 0.6) is 0 Å². The molecule has 1 heterocycles. The molecule has 1 aromatic heterocycles. The molecule has 0 aliphatic carbocycles. The lowest BCUT2D eigenvalue weighted by Gasteiger charge is -1.91. The Bertz CT molecular complexity index is 247. The van der Waals surface area contributed by atoms with E-state index in [1.807, 2.05) is 13.0 Å². The lowest BCUT2D eigenvalue weighted by Crippen LogP contribution is -1.93. The van der Waals surface area contributed by atoms with Crippen molar-refractivity contribution in [3.8, 4) is 0 Å². The Morgan fingerprint density at radius 2 is 2.50 bits per heavy atom. The average molecular weight is 135 g/mol. The van der Waals surface area contributed by atoms with Gasteiger partial charge in [0.25, 0.3) is 0 Å². The largest absolute Gasteiger partial charge is 0.307 e. The summed E-state index contributed by atoms with van der Waals surface area (Å²) in [4.78, 5) is 0. The Hall–Kier alpha value is -1.38. The van der Waals surface area contributed by atoms with Crippen LogP contribution < -0.4 is 0 Å². The zero-order valence-corrected chi connectivity index (χ0v) is 5.78. The monoisotopic (exact) mass is 135 g/mol. The van der Waals surface area contributed by atoms with Gasteiger partial charge in [0.2, 0.25) is 0 Å². The van der Waals surface area contributed by atoms with Crippen molar-refractivity contribution in [2.75, 3.05) is 0 Å². The standard InChI is InChI=1S/C7H9N3/c1-2-5-10-7(6-8)3-4-9-10/h2-6,8H,1H3/b5-2-,8-6?. The van der Waals surface area contributed by atoms with Crippen LogP contribution in [0.15, 0.2) is 18.3 Å². The number of rotatable bonds is 2. The van der Waals surface area contributed by atoms with Gasteiger partial charge in [0.1, 0.15) is 0 Å². The van der Waals surface area contributed by atoms with Gasteiger partial charge in [-0.2, -0.15) is 5.10 Å². The summed E-state index contributed by atoms with van der Waals surface area (Å²) in [5, 5.41) is 10.9. The van der Waals surface area contributed by atoms with Gasteiger partial charge < -0.3 is 5.41 Å². The Morgan fingerprint density at radius 3 is 3.10 bits per heavy atom. The zero-order chi connectivity index (χ0) is 7.40. The third-order valence-electron chi connectivity index (χ3n) is 1.14. The number of nitrogens with zero attached hydrogens (tertiary/aromatic N) is 2. The first kappa shape index (κ1) is 6.74. The molecule has 1 aromatic rings. The van der Waals surface area contributed by atoms with Crippen LogP contribution in [0.1, 0.15) is 12.6 Å². The minimum atomic E-state index is 0.790. The Balaban J connectivity index is 3.00. The molecular weight excluding hydrogens is 126 g/mol. The molecule has 0 radical (unpaired) electrons. The van der Waals surface area contributed by atoms with E-state index in [1.54, 1.807) is 23.1 Å². The van der Waals surface area contributed by atoms with Gasteiger partial charge in [0.05, 0.1) is 11.9 Å². The van der Waals surface area contributed by atoms with Gasteiger partial charge in [0, 0.05) is 12.4 Å². The van der Waals surface area contributed by atoms with Crippen LogP contribution in [-0.4, -0.2) is 16.0 Å². The minimum Gasteiger partial charge on any atom is -0.307 e. The summed E-state index contributed by atoms with van der Waals surface area (Å²) < 4.78 is 1.65. The molecule has 3 nitrogen and oxygen atoms in total. The summed E-state index contributed by atoms with van der Waals surface area (Å²) in [5.74, 6) is 0. The highest BCUT2D eigenvalue weighted by Crippen LogP contribution is 1.94. The molecule has 0 saturated heterocycles. The van der Waals surface area contributed by atoms with E-state index in [-0.39, 0.29) is 0 Å². The Morgan fingerprint density at radius 1 is 1.70 bits per heavy atom. The fraction of sp³-hybridized carbons (Fsp3) is 0.143. The molecule has 0 amide bonds. The molecule has 0 atom stereocenters. The third-order valence-corrected chi connectivity index (χ3v) is 1.14. The molecule has 0 unspecified atom stereocenters. The molecule has 0 aliphatic rings. The van der Waals surface area contributed by atoms with Crippen LogP contribution in [0.25, 0.3) is 6.20 Å². The van der Waals surface area contributed by atoms with Crippen LogP contribution in [0.4, 0.5) is 0 Å². The normalized spacial score (nSPS) is 10.5. The number of allylic oxidation sites excluding steroid dienone is 1. The Kier molecular flexibility index (Phi) is 1.99. The summed E-state index contributed by atoms with van der Waals surface area (Å²) in [6.45, 7) is 1.91. The molecular formula is C7H9N3. The molecule has 3 heteroatoms. The van der Waals surface area contributed by atoms with Gasteiger partial charge >= 0.3 is 0 Å². The molecule has 1 rings (SSSR count). The van der Waals surface area contributed by atoms with Gasteiger partial charge in [-0.15, -0.1) is 0 Å². The lowest BCUT2D eigenvalue weighted by atomic mass is 10.5. The van der Waals surface area contributed by atoms with Gasteiger partial charge in [0.15, 0.2) is 0 Å². The summed E-state index contributed by atoms with van der Waals surface area (Å²) in [6, 6.07) is 1.78. The van der Waals surface area contributed by atoms with Crippen LogP contribution >= 0.6 is 0 Å². The van der Waals surface area contributed by atoms with Crippen molar-refractivity contribution in [3.63, 3.8) is 0 Å². The maximum Gasteiger partial charge on any atom is 0.0836 e. The van der Waals surface area contributed by atoms with E-state index in [2.05, 4.69) is 5.10 Å². The first-order valence-electron chi connectivity index (χ1n) is 3.05. The second-order valence-electron chi connectivity index (χ2n) is 1.83. The average Bonchev–Trinajstić information content (AvgIpc) is 2.36. The van der Waals surface area contributed by atoms with E-state index in [0.717, 1.165) is 5.69 Å². The molecule has 0 aliphatic heterocycles. The van der Waals surface area contributed by atoms with Crippen molar-refractivity contribution in [2.45, 2.75) is 6.92 Å². The maximum absolute atomic E-state index is 6.96. The van der Waals surface area contributed by atoms with Crippen LogP contribution in [0.2, 0.25) is 0 Å². The number of nitrogens with one attached hydrogen (secondary N) is 1. The van der Waals surface area contributed by atoms with Crippen molar-refractivity contribution >= 4 is 12.4 Å². The van der Waals surface area contributed by atoms with Crippen molar-refractivity contribution in [1.82, 2.24) is 9.78 Å². The fourth-order valence-corrected chi connectivity index (χ4v) is 0.705. The van der Waals surface area contributed by atoms with E-state index in [9.17, 15) is 0 Å². The van der Waals surface area contributed by atoms with Gasteiger partial charge in [-0.1, -0.05) is 6.08 Å².